The first kappa shape index (κ1) is 13.9. The quantitative estimate of drug-likeness (QED) is 0.876. The van der Waals surface area contributed by atoms with Crippen LogP contribution in [0.15, 0.2) is 36.4 Å². The van der Waals surface area contributed by atoms with Crippen LogP contribution in [0.4, 0.5) is 0 Å². The van der Waals surface area contributed by atoms with Crippen LogP contribution in [0.5, 0.6) is 11.5 Å². The van der Waals surface area contributed by atoms with E-state index in [1.165, 1.54) is 11.1 Å². The fourth-order valence-corrected chi connectivity index (χ4v) is 2.02. The Morgan fingerprint density at radius 3 is 2.37 bits per heavy atom. The van der Waals surface area contributed by atoms with Gasteiger partial charge >= 0.3 is 0 Å². The largest absolute Gasteiger partial charge is 0.456 e. The second-order valence-electron chi connectivity index (χ2n) is 4.83. The molecule has 2 aromatic carbocycles. The molecule has 0 heterocycles. The van der Waals surface area contributed by atoms with Crippen molar-refractivity contribution in [2.24, 2.45) is 5.73 Å². The third-order valence-electron chi connectivity index (χ3n) is 3.19. The van der Waals surface area contributed by atoms with Crippen LogP contribution < -0.4 is 10.5 Å². The molecule has 0 amide bonds. The highest BCUT2D eigenvalue weighted by molar-refractivity contribution is 6.32. The number of aryl methyl sites for hydroxylation is 2. The molecule has 0 saturated heterocycles. The number of rotatable bonds is 3. The zero-order valence-electron chi connectivity index (χ0n) is 11.4. The molecule has 0 aliphatic heterocycles. The van der Waals surface area contributed by atoms with Crippen molar-refractivity contribution in [3.63, 3.8) is 0 Å². The molecule has 3 heteroatoms. The number of benzene rings is 2. The molecule has 19 heavy (non-hydrogen) atoms. The summed E-state index contributed by atoms with van der Waals surface area (Å²) in [5, 5.41) is 0.577. The minimum Gasteiger partial charge on any atom is -0.456 e. The third-order valence-corrected chi connectivity index (χ3v) is 3.48. The maximum atomic E-state index is 6.21. The van der Waals surface area contributed by atoms with Gasteiger partial charge in [-0.25, -0.2) is 0 Å². The summed E-state index contributed by atoms with van der Waals surface area (Å²) in [5.74, 6) is 1.44. The lowest BCUT2D eigenvalue weighted by Gasteiger charge is -2.12. The van der Waals surface area contributed by atoms with Gasteiger partial charge in [0.05, 0.1) is 5.02 Å². The van der Waals surface area contributed by atoms with Crippen LogP contribution in [0.2, 0.25) is 5.02 Å². The molecule has 2 N–H and O–H groups in total. The van der Waals surface area contributed by atoms with Crippen LogP contribution in [0, 0.1) is 13.8 Å². The molecule has 0 saturated carbocycles. The van der Waals surface area contributed by atoms with Crippen molar-refractivity contribution in [2.75, 3.05) is 0 Å². The van der Waals surface area contributed by atoms with Gasteiger partial charge in [-0.05, 0) is 61.7 Å². The Bertz CT molecular complexity index is 593. The minimum absolute atomic E-state index is 0.0341. The first-order valence-electron chi connectivity index (χ1n) is 6.27. The van der Waals surface area contributed by atoms with Crippen molar-refractivity contribution in [2.45, 2.75) is 26.8 Å². The summed E-state index contributed by atoms with van der Waals surface area (Å²) >= 11 is 6.21. The fraction of sp³-hybridized carbons (Fsp3) is 0.250. The van der Waals surface area contributed by atoms with Gasteiger partial charge in [-0.2, -0.15) is 0 Å². The standard InChI is InChI=1S/C16H18ClNO/c1-10-4-6-14(8-11(10)2)19-16-7-5-13(12(3)18)9-15(16)17/h4-9,12H,18H2,1-3H3. The molecule has 0 aromatic heterocycles. The maximum Gasteiger partial charge on any atom is 0.146 e. The maximum absolute atomic E-state index is 6.21. The van der Waals surface area contributed by atoms with Crippen molar-refractivity contribution in [1.29, 1.82) is 0 Å². The van der Waals surface area contributed by atoms with Crippen LogP contribution in [0.3, 0.4) is 0 Å². The molecule has 0 aliphatic carbocycles. The average molecular weight is 276 g/mol. The van der Waals surface area contributed by atoms with Crippen LogP contribution in [-0.2, 0) is 0 Å². The summed E-state index contributed by atoms with van der Waals surface area (Å²) < 4.78 is 5.81. The minimum atomic E-state index is -0.0341. The Labute approximate surface area is 119 Å². The molecule has 0 bridgehead atoms. The second-order valence-corrected chi connectivity index (χ2v) is 5.23. The van der Waals surface area contributed by atoms with Crippen LogP contribution in [-0.4, -0.2) is 0 Å². The Balaban J connectivity index is 2.25. The highest BCUT2D eigenvalue weighted by Gasteiger charge is 2.07. The molecule has 100 valence electrons. The summed E-state index contributed by atoms with van der Waals surface area (Å²) in [4.78, 5) is 0. The van der Waals surface area contributed by atoms with Crippen LogP contribution >= 0.6 is 11.6 Å². The highest BCUT2D eigenvalue weighted by atomic mass is 35.5. The lowest BCUT2D eigenvalue weighted by molar-refractivity contribution is 0.482. The van der Waals surface area contributed by atoms with E-state index in [0.717, 1.165) is 11.3 Å². The van der Waals surface area contributed by atoms with E-state index in [2.05, 4.69) is 13.8 Å². The van der Waals surface area contributed by atoms with Gasteiger partial charge in [0, 0.05) is 6.04 Å². The predicted molar refractivity (Wildman–Crippen MR) is 80.0 cm³/mol. The van der Waals surface area contributed by atoms with E-state index >= 15 is 0 Å². The molecule has 0 fully saturated rings. The molecular weight excluding hydrogens is 258 g/mol. The van der Waals surface area contributed by atoms with E-state index in [-0.39, 0.29) is 6.04 Å². The number of halogens is 1. The zero-order valence-corrected chi connectivity index (χ0v) is 12.2. The summed E-state index contributed by atoms with van der Waals surface area (Å²) in [5.41, 5.74) is 9.26. The molecule has 1 atom stereocenters. The second kappa shape index (κ2) is 5.64. The van der Waals surface area contributed by atoms with Crippen molar-refractivity contribution in [3.05, 3.63) is 58.1 Å². The summed E-state index contributed by atoms with van der Waals surface area (Å²) in [6.07, 6.45) is 0. The van der Waals surface area contributed by atoms with Crippen molar-refractivity contribution >= 4 is 11.6 Å². The molecule has 2 rings (SSSR count). The van der Waals surface area contributed by atoms with Gasteiger partial charge < -0.3 is 10.5 Å². The number of hydrogen-bond donors (Lipinski definition) is 1. The first-order chi connectivity index (χ1) is 8.97. The zero-order chi connectivity index (χ0) is 14.0. The summed E-state index contributed by atoms with van der Waals surface area (Å²) in [7, 11) is 0. The third kappa shape index (κ3) is 3.28. The smallest absolute Gasteiger partial charge is 0.146 e. The predicted octanol–water partition coefficient (Wildman–Crippen LogP) is 4.77. The van der Waals surface area contributed by atoms with Gasteiger partial charge in [0.2, 0.25) is 0 Å². The molecule has 0 aliphatic rings. The van der Waals surface area contributed by atoms with Crippen LogP contribution in [0.1, 0.15) is 29.7 Å². The first-order valence-corrected chi connectivity index (χ1v) is 6.65. The lowest BCUT2D eigenvalue weighted by Crippen LogP contribution is -2.04. The van der Waals surface area contributed by atoms with E-state index in [1.807, 2.05) is 43.3 Å². The van der Waals surface area contributed by atoms with E-state index in [4.69, 9.17) is 22.1 Å². The van der Waals surface area contributed by atoms with Crippen molar-refractivity contribution in [1.82, 2.24) is 0 Å². The van der Waals surface area contributed by atoms with E-state index in [0.29, 0.717) is 10.8 Å². The Kier molecular flexibility index (Phi) is 4.13. The van der Waals surface area contributed by atoms with E-state index in [9.17, 15) is 0 Å². The normalized spacial score (nSPS) is 12.3. The SMILES string of the molecule is Cc1ccc(Oc2ccc(C(C)N)cc2Cl)cc1C. The van der Waals surface area contributed by atoms with E-state index < -0.39 is 0 Å². The molecule has 0 radical (unpaired) electrons. The number of ether oxygens (including phenoxy) is 1. The Morgan fingerprint density at radius 2 is 1.79 bits per heavy atom. The van der Waals surface area contributed by atoms with Gasteiger partial charge in [-0.3, -0.25) is 0 Å². The Morgan fingerprint density at radius 1 is 1.05 bits per heavy atom. The molecule has 2 nitrogen and oxygen atoms in total. The van der Waals surface area contributed by atoms with Gasteiger partial charge in [-0.1, -0.05) is 23.7 Å². The summed E-state index contributed by atoms with van der Waals surface area (Å²) in [6.45, 7) is 6.06. The van der Waals surface area contributed by atoms with Gasteiger partial charge in [0.1, 0.15) is 11.5 Å². The van der Waals surface area contributed by atoms with Gasteiger partial charge in [0.15, 0.2) is 0 Å². The molecular formula is C16H18ClNO. The highest BCUT2D eigenvalue weighted by Crippen LogP contribution is 2.31. The van der Waals surface area contributed by atoms with Crippen molar-refractivity contribution < 1.29 is 4.74 Å². The van der Waals surface area contributed by atoms with Gasteiger partial charge in [0.25, 0.3) is 0 Å². The van der Waals surface area contributed by atoms with Crippen LogP contribution in [0.25, 0.3) is 0 Å². The molecule has 1 unspecified atom stereocenters. The van der Waals surface area contributed by atoms with Gasteiger partial charge in [-0.15, -0.1) is 0 Å². The topological polar surface area (TPSA) is 35.2 Å². The van der Waals surface area contributed by atoms with Crippen molar-refractivity contribution in [3.8, 4) is 11.5 Å². The lowest BCUT2D eigenvalue weighted by atomic mass is 10.1. The summed E-state index contributed by atoms with van der Waals surface area (Å²) in [6, 6.07) is 11.6. The number of nitrogens with two attached hydrogens (primary N) is 1. The Hall–Kier alpha value is -1.51. The number of hydrogen-bond acceptors (Lipinski definition) is 2. The fourth-order valence-electron chi connectivity index (χ4n) is 1.79. The monoisotopic (exact) mass is 275 g/mol. The van der Waals surface area contributed by atoms with E-state index in [1.54, 1.807) is 0 Å². The average Bonchev–Trinajstić information content (AvgIpc) is 2.36. The molecule has 0 spiro atoms. The molecule has 2 aromatic rings.